The molecule has 2 N–H and O–H groups in total. The lowest BCUT2D eigenvalue weighted by atomic mass is 10.1. The van der Waals surface area contributed by atoms with E-state index in [9.17, 15) is 4.21 Å². The highest BCUT2D eigenvalue weighted by atomic mass is 35.5. The van der Waals surface area contributed by atoms with Crippen molar-refractivity contribution >= 4 is 34.0 Å². The van der Waals surface area contributed by atoms with Gasteiger partial charge in [-0.2, -0.15) is 0 Å². The molecule has 0 aliphatic rings. The minimum absolute atomic E-state index is 0.264. The minimum Gasteiger partial charge on any atom is -0.496 e. The summed E-state index contributed by atoms with van der Waals surface area (Å²) in [4.78, 5) is 0.445. The molecule has 2 aromatic carbocycles. The summed E-state index contributed by atoms with van der Waals surface area (Å²) in [6.07, 6.45) is 0. The fourth-order valence-corrected chi connectivity index (χ4v) is 4.12. The van der Waals surface area contributed by atoms with Gasteiger partial charge in [0.05, 0.1) is 38.6 Å². The molecule has 0 saturated carbocycles. The van der Waals surface area contributed by atoms with Gasteiger partial charge in [-0.1, -0.05) is 35.3 Å². The van der Waals surface area contributed by atoms with Gasteiger partial charge in [0.25, 0.3) is 0 Å². The smallest absolute Gasteiger partial charge is 0.123 e. The van der Waals surface area contributed by atoms with E-state index in [4.69, 9.17) is 33.7 Å². The Bertz CT molecular complexity index is 656. The van der Waals surface area contributed by atoms with Crippen LogP contribution >= 0.6 is 23.2 Å². The fourth-order valence-electron chi connectivity index (χ4n) is 1.99. The lowest BCUT2D eigenvalue weighted by Crippen LogP contribution is -2.03. The highest BCUT2D eigenvalue weighted by Crippen LogP contribution is 2.31. The van der Waals surface area contributed by atoms with E-state index in [-0.39, 0.29) is 5.75 Å². The Morgan fingerprint density at radius 2 is 1.86 bits per heavy atom. The molecule has 0 fully saturated rings. The maximum atomic E-state index is 12.6. The standard InChI is InChI=1S/C15H15Cl2NO2S/c1-20-14-6-5-10(8-18)7-11(14)9-21(19)15-12(16)3-2-4-13(15)17/h2-7H,8-9,18H2,1H3. The van der Waals surface area contributed by atoms with Gasteiger partial charge in [-0.3, -0.25) is 4.21 Å². The predicted octanol–water partition coefficient (Wildman–Crippen LogP) is 3.77. The van der Waals surface area contributed by atoms with E-state index in [0.29, 0.717) is 27.2 Å². The lowest BCUT2D eigenvalue weighted by Gasteiger charge is -2.11. The van der Waals surface area contributed by atoms with Crippen molar-refractivity contribution in [2.45, 2.75) is 17.2 Å². The third-order valence-corrected chi connectivity index (χ3v) is 5.34. The van der Waals surface area contributed by atoms with E-state index in [1.54, 1.807) is 25.3 Å². The van der Waals surface area contributed by atoms with Crippen molar-refractivity contribution in [1.29, 1.82) is 0 Å². The summed E-state index contributed by atoms with van der Waals surface area (Å²) in [7, 11) is 0.211. The fraction of sp³-hybridized carbons (Fsp3) is 0.200. The molecule has 0 spiro atoms. The molecule has 112 valence electrons. The van der Waals surface area contributed by atoms with E-state index in [0.717, 1.165) is 11.1 Å². The second-order valence-electron chi connectivity index (χ2n) is 4.39. The van der Waals surface area contributed by atoms with Crippen molar-refractivity contribution in [3.05, 3.63) is 57.6 Å². The quantitative estimate of drug-likeness (QED) is 0.898. The molecule has 0 radical (unpaired) electrons. The summed E-state index contributed by atoms with van der Waals surface area (Å²) in [6, 6.07) is 10.7. The van der Waals surface area contributed by atoms with E-state index in [1.807, 2.05) is 18.2 Å². The molecule has 2 rings (SSSR count). The van der Waals surface area contributed by atoms with Crippen LogP contribution in [0.4, 0.5) is 0 Å². The zero-order valence-electron chi connectivity index (χ0n) is 11.4. The molecular formula is C15H15Cl2NO2S. The van der Waals surface area contributed by atoms with Gasteiger partial charge in [0.1, 0.15) is 5.75 Å². The zero-order valence-corrected chi connectivity index (χ0v) is 13.8. The Morgan fingerprint density at radius 1 is 1.19 bits per heavy atom. The Hall–Kier alpha value is -1.07. The van der Waals surface area contributed by atoms with Crippen molar-refractivity contribution < 1.29 is 8.95 Å². The Morgan fingerprint density at radius 3 is 2.43 bits per heavy atom. The van der Waals surface area contributed by atoms with Crippen LogP contribution in [0.1, 0.15) is 11.1 Å². The van der Waals surface area contributed by atoms with E-state index in [2.05, 4.69) is 0 Å². The number of rotatable bonds is 5. The molecule has 2 aromatic rings. The molecule has 3 nitrogen and oxygen atoms in total. The number of hydrogen-bond acceptors (Lipinski definition) is 3. The molecule has 0 amide bonds. The summed E-state index contributed by atoms with van der Waals surface area (Å²) in [5.41, 5.74) is 7.41. The highest BCUT2D eigenvalue weighted by Gasteiger charge is 2.16. The number of benzene rings is 2. The second kappa shape index (κ2) is 7.27. The van der Waals surface area contributed by atoms with Crippen LogP contribution in [0.15, 0.2) is 41.3 Å². The lowest BCUT2D eigenvalue weighted by molar-refractivity contribution is 0.411. The van der Waals surface area contributed by atoms with Gasteiger partial charge in [-0.05, 0) is 29.8 Å². The first-order chi connectivity index (χ1) is 10.1. The van der Waals surface area contributed by atoms with Crippen LogP contribution in [0.5, 0.6) is 5.75 Å². The van der Waals surface area contributed by atoms with Crippen molar-refractivity contribution in [2.24, 2.45) is 5.73 Å². The second-order valence-corrected chi connectivity index (χ2v) is 6.59. The average molecular weight is 344 g/mol. The molecule has 0 bridgehead atoms. The number of ether oxygens (including phenoxy) is 1. The number of hydrogen-bond donors (Lipinski definition) is 1. The molecule has 0 saturated heterocycles. The van der Waals surface area contributed by atoms with Gasteiger partial charge in [-0.15, -0.1) is 0 Å². The first-order valence-corrected chi connectivity index (χ1v) is 8.32. The van der Waals surface area contributed by atoms with E-state index < -0.39 is 10.8 Å². The molecular weight excluding hydrogens is 329 g/mol. The van der Waals surface area contributed by atoms with Gasteiger partial charge >= 0.3 is 0 Å². The van der Waals surface area contributed by atoms with Crippen LogP contribution in [-0.4, -0.2) is 11.3 Å². The SMILES string of the molecule is COc1ccc(CN)cc1CS(=O)c1c(Cl)cccc1Cl. The first-order valence-electron chi connectivity index (χ1n) is 6.25. The van der Waals surface area contributed by atoms with Crippen LogP contribution in [0.2, 0.25) is 10.0 Å². The molecule has 0 heterocycles. The molecule has 0 aliphatic carbocycles. The molecule has 21 heavy (non-hydrogen) atoms. The third kappa shape index (κ3) is 3.77. The number of methoxy groups -OCH3 is 1. The summed E-state index contributed by atoms with van der Waals surface area (Å²) in [5.74, 6) is 0.934. The highest BCUT2D eigenvalue weighted by molar-refractivity contribution is 7.84. The maximum absolute atomic E-state index is 12.6. The zero-order chi connectivity index (χ0) is 15.4. The Kier molecular flexibility index (Phi) is 5.65. The third-order valence-electron chi connectivity index (χ3n) is 3.01. The van der Waals surface area contributed by atoms with Gasteiger partial charge in [-0.25, -0.2) is 0 Å². The van der Waals surface area contributed by atoms with E-state index in [1.165, 1.54) is 0 Å². The molecule has 1 unspecified atom stereocenters. The van der Waals surface area contributed by atoms with Gasteiger partial charge in [0, 0.05) is 12.1 Å². The summed E-state index contributed by atoms with van der Waals surface area (Å²) >= 11 is 12.2. The number of nitrogens with two attached hydrogens (primary N) is 1. The van der Waals surface area contributed by atoms with Crippen molar-refractivity contribution in [3.8, 4) is 5.75 Å². The van der Waals surface area contributed by atoms with Crippen molar-refractivity contribution in [2.75, 3.05) is 7.11 Å². The van der Waals surface area contributed by atoms with Crippen LogP contribution < -0.4 is 10.5 Å². The largest absolute Gasteiger partial charge is 0.496 e. The monoisotopic (exact) mass is 343 g/mol. The topological polar surface area (TPSA) is 52.3 Å². The maximum Gasteiger partial charge on any atom is 0.123 e. The van der Waals surface area contributed by atoms with Crippen LogP contribution in [-0.2, 0) is 23.1 Å². The van der Waals surface area contributed by atoms with Crippen LogP contribution in [0.3, 0.4) is 0 Å². The molecule has 0 aliphatic heterocycles. The van der Waals surface area contributed by atoms with Gasteiger partial charge < -0.3 is 10.5 Å². The summed E-state index contributed by atoms with van der Waals surface area (Å²) in [6.45, 7) is 0.413. The first kappa shape index (κ1) is 16.3. The molecule has 1 atom stereocenters. The normalized spacial score (nSPS) is 12.2. The predicted molar refractivity (Wildman–Crippen MR) is 87.5 cm³/mol. The van der Waals surface area contributed by atoms with Crippen molar-refractivity contribution in [3.63, 3.8) is 0 Å². The molecule has 6 heteroatoms. The Balaban J connectivity index is 2.35. The van der Waals surface area contributed by atoms with Gasteiger partial charge in [0.15, 0.2) is 0 Å². The minimum atomic E-state index is -1.36. The average Bonchev–Trinajstić information content (AvgIpc) is 2.47. The summed E-state index contributed by atoms with van der Waals surface area (Å²) < 4.78 is 17.9. The van der Waals surface area contributed by atoms with Crippen LogP contribution in [0, 0.1) is 0 Å². The Labute approximate surface area is 136 Å². The number of halogens is 2. The van der Waals surface area contributed by atoms with Crippen molar-refractivity contribution in [1.82, 2.24) is 0 Å². The van der Waals surface area contributed by atoms with Crippen LogP contribution in [0.25, 0.3) is 0 Å². The van der Waals surface area contributed by atoms with Gasteiger partial charge in [0.2, 0.25) is 0 Å². The molecule has 0 aromatic heterocycles. The van der Waals surface area contributed by atoms with E-state index >= 15 is 0 Å². The summed E-state index contributed by atoms with van der Waals surface area (Å²) in [5, 5.41) is 0.796.